The number of carbonyl (C=O) groups excluding carboxylic acids is 2. The van der Waals surface area contributed by atoms with Gasteiger partial charge in [-0.3, -0.25) is 13.9 Å². The minimum absolute atomic E-state index is 0.0162. The fourth-order valence-corrected chi connectivity index (χ4v) is 5.63. The van der Waals surface area contributed by atoms with Crippen LogP contribution in [0.4, 0.5) is 5.69 Å². The Kier molecular flexibility index (Phi) is 10.4. The van der Waals surface area contributed by atoms with Crippen LogP contribution in [-0.2, 0) is 26.2 Å². The Labute approximate surface area is 235 Å². The summed E-state index contributed by atoms with van der Waals surface area (Å²) >= 11 is 6.38. The quantitative estimate of drug-likeness (QED) is 0.337. The first-order chi connectivity index (χ1) is 18.6. The number of anilines is 1. The van der Waals surface area contributed by atoms with Crippen LogP contribution in [0.2, 0.25) is 5.02 Å². The zero-order valence-corrected chi connectivity index (χ0v) is 24.1. The van der Waals surface area contributed by atoms with Gasteiger partial charge in [0.1, 0.15) is 18.3 Å². The van der Waals surface area contributed by atoms with E-state index in [-0.39, 0.29) is 23.0 Å². The second kappa shape index (κ2) is 13.5. The van der Waals surface area contributed by atoms with E-state index in [1.165, 1.54) is 17.0 Å². The van der Waals surface area contributed by atoms with Gasteiger partial charge in [0.15, 0.2) is 0 Å². The minimum Gasteiger partial charge on any atom is -0.492 e. The molecule has 8 nitrogen and oxygen atoms in total. The van der Waals surface area contributed by atoms with Crippen molar-refractivity contribution >= 4 is 39.1 Å². The molecule has 3 aromatic rings. The highest BCUT2D eigenvalue weighted by Crippen LogP contribution is 2.33. The molecular weight excluding hydrogens is 538 g/mol. The zero-order valence-electron chi connectivity index (χ0n) is 22.6. The highest BCUT2D eigenvalue weighted by molar-refractivity contribution is 7.92. The van der Waals surface area contributed by atoms with Crippen LogP contribution >= 0.6 is 11.6 Å². The smallest absolute Gasteiger partial charge is 0.264 e. The molecule has 0 saturated heterocycles. The summed E-state index contributed by atoms with van der Waals surface area (Å²) in [5.74, 6) is -0.617. The van der Waals surface area contributed by atoms with Crippen molar-refractivity contribution in [2.24, 2.45) is 0 Å². The number of nitrogens with zero attached hydrogens (tertiary/aromatic N) is 2. The summed E-state index contributed by atoms with van der Waals surface area (Å²) in [5, 5.41) is 3.17. The van der Waals surface area contributed by atoms with Gasteiger partial charge in [0, 0.05) is 18.1 Å². The molecule has 0 aliphatic rings. The third-order valence-corrected chi connectivity index (χ3v) is 8.28. The van der Waals surface area contributed by atoms with Crippen LogP contribution in [0.15, 0.2) is 77.7 Å². The van der Waals surface area contributed by atoms with Crippen molar-refractivity contribution in [1.29, 1.82) is 0 Å². The summed E-state index contributed by atoms with van der Waals surface area (Å²) in [6.45, 7) is 7.18. The van der Waals surface area contributed by atoms with E-state index >= 15 is 0 Å². The van der Waals surface area contributed by atoms with E-state index in [0.717, 1.165) is 9.87 Å². The van der Waals surface area contributed by atoms with E-state index < -0.39 is 28.5 Å². The third-order valence-electron chi connectivity index (χ3n) is 6.14. The van der Waals surface area contributed by atoms with Crippen molar-refractivity contribution in [2.45, 2.75) is 45.2 Å². The fraction of sp³-hybridized carbons (Fsp3) is 0.310. The molecule has 2 amide bonds. The van der Waals surface area contributed by atoms with Gasteiger partial charge in [0.05, 0.1) is 17.2 Å². The van der Waals surface area contributed by atoms with Crippen LogP contribution in [0, 0.1) is 6.92 Å². The largest absolute Gasteiger partial charge is 0.492 e. The van der Waals surface area contributed by atoms with Gasteiger partial charge >= 0.3 is 0 Å². The number of rotatable bonds is 12. The maximum atomic E-state index is 14.0. The molecule has 0 aliphatic heterocycles. The van der Waals surface area contributed by atoms with Gasteiger partial charge < -0.3 is 15.0 Å². The lowest BCUT2D eigenvalue weighted by Gasteiger charge is -2.32. The molecular formula is C29H34ClN3O5S. The standard InChI is InChI=1S/C29H34ClN3O5S/c1-5-31-29(35)22(4)32(19-23-11-7-8-12-25(23)30)28(34)20-33(26-13-9-10-14-27(26)38-6-2)39(36,37)24-17-15-21(3)16-18-24/h7-18,22H,5-6,19-20H2,1-4H3,(H,31,35)/t22-/m0/s1. The Balaban J connectivity index is 2.09. The molecule has 0 saturated carbocycles. The first-order valence-electron chi connectivity index (χ1n) is 12.7. The van der Waals surface area contributed by atoms with Crippen LogP contribution in [0.1, 0.15) is 31.9 Å². The molecule has 0 aromatic heterocycles. The van der Waals surface area contributed by atoms with E-state index in [1.54, 1.807) is 81.4 Å². The second-order valence-corrected chi connectivity index (χ2v) is 11.2. The molecule has 0 unspecified atom stereocenters. The van der Waals surface area contributed by atoms with Crippen molar-refractivity contribution in [3.8, 4) is 5.75 Å². The first kappa shape index (κ1) is 30.0. The number of nitrogens with one attached hydrogen (secondary N) is 1. The SMILES string of the molecule is CCNC(=O)[C@H](C)N(Cc1ccccc1Cl)C(=O)CN(c1ccccc1OCC)S(=O)(=O)c1ccc(C)cc1. The number of ether oxygens (including phenoxy) is 1. The molecule has 10 heteroatoms. The lowest BCUT2D eigenvalue weighted by atomic mass is 10.1. The van der Waals surface area contributed by atoms with E-state index in [9.17, 15) is 18.0 Å². The van der Waals surface area contributed by atoms with Crippen molar-refractivity contribution in [3.63, 3.8) is 0 Å². The number of likely N-dealkylation sites (N-methyl/N-ethyl adjacent to an activating group) is 1. The van der Waals surface area contributed by atoms with E-state index in [1.807, 2.05) is 6.92 Å². The lowest BCUT2D eigenvalue weighted by Crippen LogP contribution is -2.51. The highest BCUT2D eigenvalue weighted by Gasteiger charge is 2.33. The number of para-hydroxylation sites is 2. The normalized spacial score (nSPS) is 11.9. The molecule has 1 N–H and O–H groups in total. The number of carbonyl (C=O) groups is 2. The maximum absolute atomic E-state index is 14.0. The molecule has 0 bridgehead atoms. The molecule has 0 spiro atoms. The highest BCUT2D eigenvalue weighted by atomic mass is 35.5. The van der Waals surface area contributed by atoms with Gasteiger partial charge in [-0.15, -0.1) is 0 Å². The van der Waals surface area contributed by atoms with E-state index in [0.29, 0.717) is 29.5 Å². The molecule has 208 valence electrons. The molecule has 0 aliphatic carbocycles. The van der Waals surface area contributed by atoms with Crippen LogP contribution in [0.5, 0.6) is 5.75 Å². The van der Waals surface area contributed by atoms with E-state index in [2.05, 4.69) is 5.32 Å². The Bertz CT molecular complexity index is 1400. The molecule has 1 atom stereocenters. The van der Waals surface area contributed by atoms with Crippen LogP contribution in [0.25, 0.3) is 0 Å². The maximum Gasteiger partial charge on any atom is 0.264 e. The Morgan fingerprint density at radius 1 is 0.974 bits per heavy atom. The summed E-state index contributed by atoms with van der Waals surface area (Å²) in [7, 11) is -4.20. The van der Waals surface area contributed by atoms with Gasteiger partial charge in [-0.2, -0.15) is 0 Å². The number of aryl methyl sites for hydroxylation is 1. The second-order valence-electron chi connectivity index (χ2n) is 8.91. The summed E-state index contributed by atoms with van der Waals surface area (Å²) in [4.78, 5) is 28.1. The van der Waals surface area contributed by atoms with Gasteiger partial charge in [0.2, 0.25) is 11.8 Å². The summed E-state index contributed by atoms with van der Waals surface area (Å²) in [6.07, 6.45) is 0. The topological polar surface area (TPSA) is 96.0 Å². The first-order valence-corrected chi connectivity index (χ1v) is 14.5. The third kappa shape index (κ3) is 7.30. The van der Waals surface area contributed by atoms with Crippen LogP contribution in [-0.4, -0.2) is 50.9 Å². The van der Waals surface area contributed by atoms with Crippen molar-refractivity contribution in [3.05, 3.63) is 88.9 Å². The van der Waals surface area contributed by atoms with E-state index in [4.69, 9.17) is 16.3 Å². The van der Waals surface area contributed by atoms with Crippen molar-refractivity contribution in [1.82, 2.24) is 10.2 Å². The summed E-state index contributed by atoms with van der Waals surface area (Å²) in [5.41, 5.74) is 1.75. The fourth-order valence-electron chi connectivity index (χ4n) is 4.01. The molecule has 3 aromatic carbocycles. The number of sulfonamides is 1. The van der Waals surface area contributed by atoms with Gasteiger partial charge in [-0.25, -0.2) is 8.42 Å². The monoisotopic (exact) mass is 571 g/mol. The Morgan fingerprint density at radius 2 is 1.62 bits per heavy atom. The van der Waals surface area contributed by atoms with Gasteiger partial charge in [-0.1, -0.05) is 59.6 Å². The van der Waals surface area contributed by atoms with Crippen LogP contribution in [0.3, 0.4) is 0 Å². The van der Waals surface area contributed by atoms with Crippen molar-refractivity contribution in [2.75, 3.05) is 24.0 Å². The predicted molar refractivity (Wildman–Crippen MR) is 153 cm³/mol. The van der Waals surface area contributed by atoms with Gasteiger partial charge in [-0.05, 0) is 63.6 Å². The predicted octanol–water partition coefficient (Wildman–Crippen LogP) is 4.80. The summed E-state index contributed by atoms with van der Waals surface area (Å²) in [6, 6.07) is 19.2. The lowest BCUT2D eigenvalue weighted by molar-refractivity contribution is -0.139. The Hall–Kier alpha value is -3.56. The molecule has 3 rings (SSSR count). The average molecular weight is 572 g/mol. The number of halogens is 1. The molecule has 0 heterocycles. The number of hydrogen-bond acceptors (Lipinski definition) is 5. The molecule has 0 fully saturated rings. The molecule has 0 radical (unpaired) electrons. The number of hydrogen-bond donors (Lipinski definition) is 1. The summed E-state index contributed by atoms with van der Waals surface area (Å²) < 4.78 is 34.7. The Morgan fingerprint density at radius 3 is 2.26 bits per heavy atom. The van der Waals surface area contributed by atoms with Crippen LogP contribution < -0.4 is 14.4 Å². The van der Waals surface area contributed by atoms with Gasteiger partial charge in [0.25, 0.3) is 10.0 Å². The number of benzene rings is 3. The van der Waals surface area contributed by atoms with Crippen molar-refractivity contribution < 1.29 is 22.7 Å². The average Bonchev–Trinajstić information content (AvgIpc) is 2.91. The zero-order chi connectivity index (χ0) is 28.6. The number of amides is 2. The minimum atomic E-state index is -4.20. The molecule has 39 heavy (non-hydrogen) atoms.